The first-order chi connectivity index (χ1) is 8.69. The molecule has 0 saturated carbocycles. The zero-order valence-electron chi connectivity index (χ0n) is 10.5. The van der Waals surface area contributed by atoms with Crippen molar-refractivity contribution in [3.05, 3.63) is 17.7 Å². The minimum atomic E-state index is -0.433. The van der Waals surface area contributed by atoms with Crippen LogP contribution in [0.5, 0.6) is 17.2 Å². The van der Waals surface area contributed by atoms with Crippen LogP contribution in [0, 0.1) is 0 Å². The minimum Gasteiger partial charge on any atom is -0.496 e. The Hall–Kier alpha value is -2.11. The van der Waals surface area contributed by atoms with Crippen molar-refractivity contribution in [2.75, 3.05) is 27.9 Å². The lowest BCUT2D eigenvalue weighted by molar-refractivity contribution is 0.176. The molecule has 0 bridgehead atoms. The fraction of sp³-hybridized carbons (Fsp3) is 0.417. The second kappa shape index (κ2) is 5.03. The number of methoxy groups -OCH3 is 3. The average molecular weight is 253 g/mol. The van der Waals surface area contributed by atoms with Crippen molar-refractivity contribution in [2.45, 2.75) is 6.04 Å². The number of hydrogen-bond acceptors (Lipinski definition) is 5. The Balaban J connectivity index is 2.41. The lowest BCUT2D eigenvalue weighted by atomic mass is 10.1. The molecule has 1 fully saturated rings. The highest BCUT2D eigenvalue weighted by molar-refractivity contribution is 5.70. The van der Waals surface area contributed by atoms with Gasteiger partial charge in [0, 0.05) is 11.6 Å². The maximum Gasteiger partial charge on any atom is 0.407 e. The molecule has 0 spiro atoms. The first-order valence-electron chi connectivity index (χ1n) is 5.42. The summed E-state index contributed by atoms with van der Waals surface area (Å²) in [5.74, 6) is 1.77. The van der Waals surface area contributed by atoms with Gasteiger partial charge in [-0.15, -0.1) is 0 Å². The number of cyclic esters (lactones) is 1. The molecule has 1 atom stereocenters. The smallest absolute Gasteiger partial charge is 0.407 e. The molecule has 98 valence electrons. The summed E-state index contributed by atoms with van der Waals surface area (Å²) in [6, 6.07) is 3.25. The Labute approximate surface area is 105 Å². The fourth-order valence-electron chi connectivity index (χ4n) is 1.88. The van der Waals surface area contributed by atoms with Crippen molar-refractivity contribution in [3.63, 3.8) is 0 Å². The lowest BCUT2D eigenvalue weighted by Crippen LogP contribution is -2.19. The van der Waals surface area contributed by atoms with E-state index in [4.69, 9.17) is 18.9 Å². The molecule has 1 aliphatic heterocycles. The molecular formula is C12H15NO5. The Morgan fingerprint density at radius 2 is 1.72 bits per heavy atom. The van der Waals surface area contributed by atoms with Crippen LogP contribution in [-0.4, -0.2) is 34.0 Å². The average Bonchev–Trinajstić information content (AvgIpc) is 2.83. The van der Waals surface area contributed by atoms with Gasteiger partial charge in [0.2, 0.25) is 0 Å². The number of rotatable bonds is 4. The zero-order chi connectivity index (χ0) is 13.1. The molecule has 6 heteroatoms. The second-order valence-corrected chi connectivity index (χ2v) is 3.74. The van der Waals surface area contributed by atoms with E-state index in [9.17, 15) is 4.79 Å². The predicted molar refractivity (Wildman–Crippen MR) is 63.3 cm³/mol. The summed E-state index contributed by atoms with van der Waals surface area (Å²) >= 11 is 0. The highest BCUT2D eigenvalue weighted by Crippen LogP contribution is 2.38. The van der Waals surface area contributed by atoms with Crippen LogP contribution in [0.4, 0.5) is 4.79 Å². The van der Waals surface area contributed by atoms with Crippen LogP contribution in [-0.2, 0) is 4.74 Å². The van der Waals surface area contributed by atoms with Crippen LogP contribution in [0.15, 0.2) is 12.1 Å². The van der Waals surface area contributed by atoms with Gasteiger partial charge in [-0.3, -0.25) is 0 Å². The highest BCUT2D eigenvalue weighted by Gasteiger charge is 2.27. The predicted octanol–water partition coefficient (Wildman–Crippen LogP) is 1.49. The van der Waals surface area contributed by atoms with E-state index in [0.29, 0.717) is 17.2 Å². The maximum atomic E-state index is 11.1. The summed E-state index contributed by atoms with van der Waals surface area (Å²) in [6.45, 7) is 0.269. The third-order valence-electron chi connectivity index (χ3n) is 2.78. The third kappa shape index (κ3) is 2.13. The summed E-state index contributed by atoms with van der Waals surface area (Å²) in [5, 5.41) is 2.70. The first-order valence-corrected chi connectivity index (χ1v) is 5.42. The van der Waals surface area contributed by atoms with Crippen molar-refractivity contribution in [1.29, 1.82) is 0 Å². The molecule has 1 unspecified atom stereocenters. The molecule has 0 aliphatic carbocycles. The number of ether oxygens (including phenoxy) is 4. The molecule has 1 saturated heterocycles. The molecule has 1 aliphatic rings. The number of nitrogens with one attached hydrogen (secondary N) is 1. The Morgan fingerprint density at radius 3 is 2.22 bits per heavy atom. The molecule has 1 aromatic rings. The van der Waals surface area contributed by atoms with Crippen molar-refractivity contribution < 1.29 is 23.7 Å². The van der Waals surface area contributed by atoms with Crippen LogP contribution in [0.25, 0.3) is 0 Å². The van der Waals surface area contributed by atoms with Gasteiger partial charge < -0.3 is 24.3 Å². The van der Waals surface area contributed by atoms with Gasteiger partial charge in [-0.05, 0) is 6.07 Å². The molecule has 6 nitrogen and oxygen atoms in total. The van der Waals surface area contributed by atoms with E-state index < -0.39 is 6.09 Å². The molecule has 1 heterocycles. The van der Waals surface area contributed by atoms with Gasteiger partial charge in [-0.2, -0.15) is 0 Å². The normalized spacial score (nSPS) is 17.9. The lowest BCUT2D eigenvalue weighted by Gasteiger charge is -2.16. The van der Waals surface area contributed by atoms with Gasteiger partial charge in [-0.1, -0.05) is 0 Å². The van der Waals surface area contributed by atoms with Crippen LogP contribution < -0.4 is 19.5 Å². The van der Waals surface area contributed by atoms with Crippen molar-refractivity contribution in [2.24, 2.45) is 0 Å². The summed E-state index contributed by atoms with van der Waals surface area (Å²) in [5.41, 5.74) is 0.793. The van der Waals surface area contributed by atoms with E-state index in [0.717, 1.165) is 5.56 Å². The largest absolute Gasteiger partial charge is 0.496 e. The van der Waals surface area contributed by atoms with Crippen molar-refractivity contribution >= 4 is 6.09 Å². The summed E-state index contributed by atoms with van der Waals surface area (Å²) in [7, 11) is 4.66. The first kappa shape index (κ1) is 12.3. The van der Waals surface area contributed by atoms with E-state index >= 15 is 0 Å². The molecule has 0 radical (unpaired) electrons. The van der Waals surface area contributed by atoms with E-state index in [1.807, 2.05) is 0 Å². The van der Waals surface area contributed by atoms with Crippen LogP contribution in [0.1, 0.15) is 11.6 Å². The molecule has 1 amide bonds. The monoisotopic (exact) mass is 253 g/mol. The summed E-state index contributed by atoms with van der Waals surface area (Å²) < 4.78 is 20.6. The molecule has 2 rings (SSSR count). The Morgan fingerprint density at radius 1 is 1.11 bits per heavy atom. The number of amides is 1. The van der Waals surface area contributed by atoms with Gasteiger partial charge in [-0.25, -0.2) is 4.79 Å². The second-order valence-electron chi connectivity index (χ2n) is 3.74. The highest BCUT2D eigenvalue weighted by atomic mass is 16.6. The van der Waals surface area contributed by atoms with Crippen molar-refractivity contribution in [1.82, 2.24) is 5.32 Å². The Bertz CT molecular complexity index is 460. The summed E-state index contributed by atoms with van der Waals surface area (Å²) in [6.07, 6.45) is -0.433. The SMILES string of the molecule is COc1cc(OC)c(C2COC(=O)N2)cc1OC. The maximum absolute atomic E-state index is 11.1. The topological polar surface area (TPSA) is 66.0 Å². The fourth-order valence-corrected chi connectivity index (χ4v) is 1.88. The van der Waals surface area contributed by atoms with E-state index in [2.05, 4.69) is 5.32 Å². The Kier molecular flexibility index (Phi) is 3.45. The van der Waals surface area contributed by atoms with Gasteiger partial charge in [0.05, 0.1) is 27.4 Å². The molecule has 18 heavy (non-hydrogen) atoms. The number of carbonyl (C=O) groups excluding carboxylic acids is 1. The van der Waals surface area contributed by atoms with E-state index in [1.165, 1.54) is 0 Å². The zero-order valence-corrected chi connectivity index (χ0v) is 10.5. The molecule has 1 aromatic carbocycles. The quantitative estimate of drug-likeness (QED) is 0.880. The third-order valence-corrected chi connectivity index (χ3v) is 2.78. The van der Waals surface area contributed by atoms with Gasteiger partial charge in [0.1, 0.15) is 12.4 Å². The van der Waals surface area contributed by atoms with E-state index in [1.54, 1.807) is 33.5 Å². The summed E-state index contributed by atoms with van der Waals surface area (Å²) in [4.78, 5) is 11.1. The minimum absolute atomic E-state index is 0.243. The van der Waals surface area contributed by atoms with Crippen LogP contribution >= 0.6 is 0 Å². The number of alkyl carbamates (subject to hydrolysis) is 1. The number of benzene rings is 1. The molecule has 1 N–H and O–H groups in total. The molecular weight excluding hydrogens is 238 g/mol. The standard InChI is InChI=1S/C12H15NO5/c1-15-9-5-11(17-3)10(16-2)4-7(9)8-6-18-12(14)13-8/h4-5,8H,6H2,1-3H3,(H,13,14). The van der Waals surface area contributed by atoms with Gasteiger partial charge in [0.15, 0.2) is 11.5 Å². The van der Waals surface area contributed by atoms with Gasteiger partial charge >= 0.3 is 6.09 Å². The molecule has 0 aromatic heterocycles. The van der Waals surface area contributed by atoms with Crippen LogP contribution in [0.2, 0.25) is 0 Å². The van der Waals surface area contributed by atoms with Gasteiger partial charge in [0.25, 0.3) is 0 Å². The number of hydrogen-bond donors (Lipinski definition) is 1. The van der Waals surface area contributed by atoms with Crippen molar-refractivity contribution in [3.8, 4) is 17.2 Å². The van der Waals surface area contributed by atoms with E-state index in [-0.39, 0.29) is 12.6 Å². The number of carbonyl (C=O) groups is 1. The van der Waals surface area contributed by atoms with Crippen LogP contribution in [0.3, 0.4) is 0 Å².